The van der Waals surface area contributed by atoms with Crippen molar-refractivity contribution in [1.82, 2.24) is 10.2 Å². The summed E-state index contributed by atoms with van der Waals surface area (Å²) < 4.78 is 0. The van der Waals surface area contributed by atoms with Crippen molar-refractivity contribution in [1.29, 1.82) is 0 Å². The molecule has 2 aliphatic carbocycles. The van der Waals surface area contributed by atoms with Crippen molar-refractivity contribution in [2.75, 3.05) is 13.6 Å². The molecule has 18 heavy (non-hydrogen) atoms. The summed E-state index contributed by atoms with van der Waals surface area (Å²) in [6.45, 7) is 0.683. The van der Waals surface area contributed by atoms with Gasteiger partial charge in [0.15, 0.2) is 0 Å². The third-order valence-corrected chi connectivity index (χ3v) is 4.15. The van der Waals surface area contributed by atoms with Gasteiger partial charge in [-0.15, -0.1) is 0 Å². The molecule has 2 aliphatic rings. The lowest BCUT2D eigenvalue weighted by molar-refractivity contribution is -0.143. The van der Waals surface area contributed by atoms with Gasteiger partial charge in [-0.1, -0.05) is 0 Å². The van der Waals surface area contributed by atoms with Gasteiger partial charge in [0.05, 0.1) is 5.92 Å². The molecule has 2 rings (SSSR count). The predicted octanol–water partition coefficient (Wildman–Crippen LogP) is 1.68. The number of aliphatic carboxylic acids is 1. The summed E-state index contributed by atoms with van der Waals surface area (Å²) in [5.41, 5.74) is 0. The SMILES string of the molecule is CN(C(=O)NCC1CCC(C(=O)O)CC1)C1CC1. The number of nitrogens with zero attached hydrogens (tertiary/aromatic N) is 1. The Morgan fingerprint density at radius 1 is 1.17 bits per heavy atom. The molecule has 5 nitrogen and oxygen atoms in total. The molecule has 5 heteroatoms. The largest absolute Gasteiger partial charge is 0.481 e. The Morgan fingerprint density at radius 2 is 1.78 bits per heavy atom. The zero-order valence-corrected chi connectivity index (χ0v) is 10.9. The number of amides is 2. The summed E-state index contributed by atoms with van der Waals surface area (Å²) in [4.78, 5) is 24.4. The number of rotatable bonds is 4. The van der Waals surface area contributed by atoms with Crippen LogP contribution in [0.5, 0.6) is 0 Å². The van der Waals surface area contributed by atoms with Crippen LogP contribution in [0.1, 0.15) is 38.5 Å². The van der Waals surface area contributed by atoms with E-state index < -0.39 is 5.97 Å². The molecule has 2 fully saturated rings. The molecule has 0 bridgehead atoms. The fraction of sp³-hybridized carbons (Fsp3) is 0.846. The summed E-state index contributed by atoms with van der Waals surface area (Å²) in [6.07, 6.45) is 5.54. The van der Waals surface area contributed by atoms with E-state index in [0.29, 0.717) is 18.5 Å². The maximum Gasteiger partial charge on any atom is 0.317 e. The summed E-state index contributed by atoms with van der Waals surface area (Å²) in [5.74, 6) is -0.408. The standard InChI is InChI=1S/C13H22N2O3/c1-15(11-6-7-11)13(18)14-8-9-2-4-10(5-3-9)12(16)17/h9-11H,2-8H2,1H3,(H,14,18)(H,16,17). The molecule has 0 aliphatic heterocycles. The molecule has 102 valence electrons. The van der Waals surface area contributed by atoms with Crippen LogP contribution in [0.25, 0.3) is 0 Å². The van der Waals surface area contributed by atoms with Gasteiger partial charge in [-0.2, -0.15) is 0 Å². The van der Waals surface area contributed by atoms with Gasteiger partial charge >= 0.3 is 12.0 Å². The lowest BCUT2D eigenvalue weighted by atomic mass is 9.82. The van der Waals surface area contributed by atoms with Crippen LogP contribution in [0.3, 0.4) is 0 Å². The molecule has 0 heterocycles. The monoisotopic (exact) mass is 254 g/mol. The first-order valence-electron chi connectivity index (χ1n) is 6.81. The van der Waals surface area contributed by atoms with Crippen molar-refractivity contribution in [3.63, 3.8) is 0 Å². The van der Waals surface area contributed by atoms with E-state index in [2.05, 4.69) is 5.32 Å². The second kappa shape index (κ2) is 5.59. The summed E-state index contributed by atoms with van der Waals surface area (Å²) in [5, 5.41) is 11.9. The van der Waals surface area contributed by atoms with E-state index in [-0.39, 0.29) is 11.9 Å². The quantitative estimate of drug-likeness (QED) is 0.802. The van der Waals surface area contributed by atoms with E-state index in [4.69, 9.17) is 5.11 Å². The van der Waals surface area contributed by atoms with Crippen LogP contribution in [-0.4, -0.2) is 41.6 Å². The average molecular weight is 254 g/mol. The maximum absolute atomic E-state index is 11.8. The third kappa shape index (κ3) is 3.37. The number of urea groups is 1. The van der Waals surface area contributed by atoms with Gasteiger partial charge in [0.25, 0.3) is 0 Å². The Bertz CT molecular complexity index is 320. The number of hydrogen-bond acceptors (Lipinski definition) is 2. The first-order valence-corrected chi connectivity index (χ1v) is 6.81. The number of nitrogens with one attached hydrogen (secondary N) is 1. The zero-order valence-electron chi connectivity index (χ0n) is 10.9. The minimum Gasteiger partial charge on any atom is -0.481 e. The van der Waals surface area contributed by atoms with Gasteiger partial charge in [-0.05, 0) is 44.4 Å². The minimum absolute atomic E-state index is 0.0119. The van der Waals surface area contributed by atoms with Crippen LogP contribution in [-0.2, 0) is 4.79 Å². The average Bonchev–Trinajstić information content (AvgIpc) is 3.19. The van der Waals surface area contributed by atoms with Crippen LogP contribution < -0.4 is 5.32 Å². The number of carbonyl (C=O) groups excluding carboxylic acids is 1. The van der Waals surface area contributed by atoms with Crippen molar-refractivity contribution in [2.45, 2.75) is 44.6 Å². The normalized spacial score (nSPS) is 27.6. The minimum atomic E-state index is -0.675. The van der Waals surface area contributed by atoms with Crippen LogP contribution in [0.2, 0.25) is 0 Å². The van der Waals surface area contributed by atoms with E-state index >= 15 is 0 Å². The Kier molecular flexibility index (Phi) is 4.09. The first-order chi connectivity index (χ1) is 8.58. The fourth-order valence-electron chi connectivity index (χ4n) is 2.60. The summed E-state index contributed by atoms with van der Waals surface area (Å²) in [6, 6.07) is 0.450. The highest BCUT2D eigenvalue weighted by Crippen LogP contribution is 2.29. The van der Waals surface area contributed by atoms with Crippen molar-refractivity contribution >= 4 is 12.0 Å². The second-order valence-electron chi connectivity index (χ2n) is 5.58. The Balaban J connectivity index is 1.65. The fourth-order valence-corrected chi connectivity index (χ4v) is 2.60. The van der Waals surface area contributed by atoms with E-state index in [1.807, 2.05) is 7.05 Å². The Morgan fingerprint density at radius 3 is 2.28 bits per heavy atom. The number of carbonyl (C=O) groups is 2. The van der Waals surface area contributed by atoms with Gasteiger partial charge < -0.3 is 15.3 Å². The molecule has 2 N–H and O–H groups in total. The molecule has 0 aromatic carbocycles. The van der Waals surface area contributed by atoms with Gasteiger partial charge in [-0.25, -0.2) is 4.79 Å². The predicted molar refractivity (Wildman–Crippen MR) is 67.3 cm³/mol. The number of carboxylic acids is 1. The highest BCUT2D eigenvalue weighted by Gasteiger charge is 2.30. The van der Waals surface area contributed by atoms with Gasteiger partial charge in [0, 0.05) is 19.6 Å². The molecule has 0 unspecified atom stereocenters. The van der Waals surface area contributed by atoms with Gasteiger partial charge in [0.2, 0.25) is 0 Å². The van der Waals surface area contributed by atoms with Crippen molar-refractivity contribution in [3.05, 3.63) is 0 Å². The van der Waals surface area contributed by atoms with E-state index in [9.17, 15) is 9.59 Å². The Labute approximate surface area is 108 Å². The molecule has 2 amide bonds. The molecule has 2 saturated carbocycles. The van der Waals surface area contributed by atoms with E-state index in [1.165, 1.54) is 0 Å². The molecule has 0 saturated heterocycles. The van der Waals surface area contributed by atoms with Crippen LogP contribution in [0, 0.1) is 11.8 Å². The lowest BCUT2D eigenvalue weighted by Crippen LogP contribution is -2.41. The van der Waals surface area contributed by atoms with E-state index in [1.54, 1.807) is 4.90 Å². The topological polar surface area (TPSA) is 69.6 Å². The molecule has 0 spiro atoms. The van der Waals surface area contributed by atoms with Crippen LogP contribution in [0.15, 0.2) is 0 Å². The van der Waals surface area contributed by atoms with Gasteiger partial charge in [-0.3, -0.25) is 4.79 Å². The van der Waals surface area contributed by atoms with Gasteiger partial charge in [0.1, 0.15) is 0 Å². The first kappa shape index (κ1) is 13.2. The van der Waals surface area contributed by atoms with Crippen LogP contribution in [0.4, 0.5) is 4.79 Å². The van der Waals surface area contributed by atoms with E-state index in [0.717, 1.165) is 38.5 Å². The molecular formula is C13H22N2O3. The maximum atomic E-state index is 11.8. The zero-order chi connectivity index (χ0) is 13.1. The Hall–Kier alpha value is -1.26. The van der Waals surface area contributed by atoms with Crippen LogP contribution >= 0.6 is 0 Å². The number of carboxylic acid groups (broad SMARTS) is 1. The second-order valence-corrected chi connectivity index (χ2v) is 5.58. The number of hydrogen-bond donors (Lipinski definition) is 2. The molecular weight excluding hydrogens is 232 g/mol. The third-order valence-electron chi connectivity index (χ3n) is 4.15. The molecule has 0 aromatic heterocycles. The molecule has 0 radical (unpaired) electrons. The van der Waals surface area contributed by atoms with Crippen molar-refractivity contribution in [2.24, 2.45) is 11.8 Å². The highest BCUT2D eigenvalue weighted by atomic mass is 16.4. The van der Waals surface area contributed by atoms with Crippen molar-refractivity contribution < 1.29 is 14.7 Å². The molecule has 0 atom stereocenters. The summed E-state index contributed by atoms with van der Waals surface area (Å²) in [7, 11) is 1.84. The highest BCUT2D eigenvalue weighted by molar-refractivity contribution is 5.74. The smallest absolute Gasteiger partial charge is 0.317 e. The molecule has 0 aromatic rings. The summed E-state index contributed by atoms with van der Waals surface area (Å²) >= 11 is 0. The van der Waals surface area contributed by atoms with Crippen molar-refractivity contribution in [3.8, 4) is 0 Å². The lowest BCUT2D eigenvalue weighted by Gasteiger charge is -2.27.